The molecule has 0 heterocycles. The maximum absolute atomic E-state index is 10.7. The van der Waals surface area contributed by atoms with Crippen LogP contribution in [0.15, 0.2) is 53.4 Å². The highest BCUT2D eigenvalue weighted by Crippen LogP contribution is 2.22. The molecule has 0 aliphatic rings. The predicted molar refractivity (Wildman–Crippen MR) is 66.3 cm³/mol. The second-order valence-corrected chi connectivity index (χ2v) is 4.70. The molecule has 0 radical (unpaired) electrons. The fourth-order valence-corrected chi connectivity index (χ4v) is 1.84. The summed E-state index contributed by atoms with van der Waals surface area (Å²) in [6.45, 7) is 1.98. The van der Waals surface area contributed by atoms with Crippen LogP contribution in [0.3, 0.4) is 0 Å². The topological polar surface area (TPSA) is 43.4 Å². The Morgan fingerprint density at radius 3 is 2.24 bits per heavy atom. The minimum absolute atomic E-state index is 0.289. The first-order chi connectivity index (χ1) is 8.15. The van der Waals surface area contributed by atoms with E-state index in [0.717, 1.165) is 11.3 Å². The lowest BCUT2D eigenvalue weighted by molar-refractivity contribution is 0.482. The fourth-order valence-electron chi connectivity index (χ4n) is 1.45. The molecule has 4 heteroatoms. The van der Waals surface area contributed by atoms with Gasteiger partial charge in [-0.15, -0.1) is 0 Å². The van der Waals surface area contributed by atoms with Gasteiger partial charge in [0, 0.05) is 0 Å². The fraction of sp³-hybridized carbons (Fsp3) is 0.0769. The van der Waals surface area contributed by atoms with Gasteiger partial charge in [-0.3, -0.25) is 0 Å². The molecule has 0 aromatic heterocycles. The summed E-state index contributed by atoms with van der Waals surface area (Å²) in [4.78, 5) is 0.289. The van der Waals surface area contributed by atoms with Gasteiger partial charge < -0.3 is 4.74 Å². The third kappa shape index (κ3) is 3.07. The van der Waals surface area contributed by atoms with Crippen molar-refractivity contribution in [3.63, 3.8) is 0 Å². The van der Waals surface area contributed by atoms with Crippen molar-refractivity contribution in [2.45, 2.75) is 11.8 Å². The van der Waals surface area contributed by atoms with Gasteiger partial charge in [-0.25, -0.2) is 8.42 Å². The van der Waals surface area contributed by atoms with Crippen molar-refractivity contribution in [1.82, 2.24) is 0 Å². The molecule has 0 aliphatic carbocycles. The molecule has 0 aliphatic heterocycles. The van der Waals surface area contributed by atoms with Crippen LogP contribution in [0.1, 0.15) is 5.56 Å². The van der Waals surface area contributed by atoms with E-state index in [4.69, 9.17) is 4.74 Å². The predicted octanol–water partition coefficient (Wildman–Crippen LogP) is 2.76. The van der Waals surface area contributed by atoms with E-state index in [2.05, 4.69) is 0 Å². The number of ether oxygens (including phenoxy) is 1. The van der Waals surface area contributed by atoms with E-state index in [1.165, 1.54) is 12.1 Å². The van der Waals surface area contributed by atoms with Crippen LogP contribution in [-0.4, -0.2) is 8.42 Å². The van der Waals surface area contributed by atoms with Gasteiger partial charge >= 0.3 is 0 Å². The van der Waals surface area contributed by atoms with Crippen molar-refractivity contribution in [3.8, 4) is 11.5 Å². The van der Waals surface area contributed by atoms with Gasteiger partial charge in [0.2, 0.25) is 0 Å². The number of rotatable bonds is 3. The van der Waals surface area contributed by atoms with Crippen molar-refractivity contribution in [1.29, 1.82) is 0 Å². The average Bonchev–Trinajstić information content (AvgIpc) is 2.29. The van der Waals surface area contributed by atoms with E-state index in [9.17, 15) is 8.42 Å². The van der Waals surface area contributed by atoms with Crippen LogP contribution in [-0.2, 0) is 10.7 Å². The molecule has 0 spiro atoms. The van der Waals surface area contributed by atoms with Gasteiger partial charge in [-0.2, -0.15) is 0 Å². The zero-order valence-corrected chi connectivity index (χ0v) is 10.2. The van der Waals surface area contributed by atoms with Crippen molar-refractivity contribution < 1.29 is 13.2 Å². The maximum Gasteiger partial charge on any atom is 0.168 e. The first kappa shape index (κ1) is 11.7. The van der Waals surface area contributed by atoms with Crippen LogP contribution in [0, 0.1) is 6.92 Å². The smallest absolute Gasteiger partial charge is 0.168 e. The molecule has 88 valence electrons. The first-order valence-corrected chi connectivity index (χ1v) is 6.32. The Balaban J connectivity index is 2.19. The number of aryl methyl sites for hydroxylation is 1. The number of hydrogen-bond donors (Lipinski definition) is 1. The summed E-state index contributed by atoms with van der Waals surface area (Å²) in [7, 11) is -2.53. The lowest BCUT2D eigenvalue weighted by Gasteiger charge is -2.06. The highest BCUT2D eigenvalue weighted by Gasteiger charge is 1.99. The summed E-state index contributed by atoms with van der Waals surface area (Å²) in [5.41, 5.74) is 1.11. The molecule has 0 bridgehead atoms. The van der Waals surface area contributed by atoms with E-state index >= 15 is 0 Å². The first-order valence-electron chi connectivity index (χ1n) is 5.14. The standard InChI is InChI=1S/C13H12O3S/c1-10-3-2-4-12(9-10)16-11-5-7-13(8-6-11)17(14)15/h2-9,17H,1H3. The van der Waals surface area contributed by atoms with Gasteiger partial charge in [0.25, 0.3) is 0 Å². The molecule has 2 rings (SSSR count). The molecule has 0 amide bonds. The van der Waals surface area contributed by atoms with Crippen LogP contribution in [0.5, 0.6) is 11.5 Å². The summed E-state index contributed by atoms with van der Waals surface area (Å²) >= 11 is 0. The quantitative estimate of drug-likeness (QED) is 0.849. The maximum atomic E-state index is 10.7. The molecule has 0 fully saturated rings. The molecule has 2 aromatic carbocycles. The SMILES string of the molecule is Cc1cccc(Oc2ccc([SH](=O)=O)cc2)c1. The zero-order valence-electron chi connectivity index (χ0n) is 9.29. The minimum atomic E-state index is -2.53. The van der Waals surface area contributed by atoms with E-state index in [-0.39, 0.29) is 4.90 Å². The Morgan fingerprint density at radius 2 is 1.65 bits per heavy atom. The second-order valence-electron chi connectivity index (χ2n) is 3.67. The Bertz CT molecular complexity index is 578. The zero-order chi connectivity index (χ0) is 12.3. The summed E-state index contributed by atoms with van der Waals surface area (Å²) in [5.74, 6) is 1.36. The lowest BCUT2D eigenvalue weighted by Crippen LogP contribution is -1.85. The van der Waals surface area contributed by atoms with Crippen LogP contribution in [0.2, 0.25) is 0 Å². The number of thiol groups is 1. The summed E-state index contributed by atoms with van der Waals surface area (Å²) < 4.78 is 27.0. The number of hydrogen-bond acceptors (Lipinski definition) is 3. The molecule has 0 unspecified atom stereocenters. The van der Waals surface area contributed by atoms with E-state index in [0.29, 0.717) is 5.75 Å². The van der Waals surface area contributed by atoms with E-state index in [1.54, 1.807) is 12.1 Å². The van der Waals surface area contributed by atoms with Crippen molar-refractivity contribution in [2.75, 3.05) is 0 Å². The van der Waals surface area contributed by atoms with Crippen molar-refractivity contribution in [2.24, 2.45) is 0 Å². The largest absolute Gasteiger partial charge is 0.457 e. The van der Waals surface area contributed by atoms with Crippen LogP contribution < -0.4 is 4.74 Å². The van der Waals surface area contributed by atoms with E-state index < -0.39 is 10.7 Å². The molecule has 0 N–H and O–H groups in total. The molecule has 0 saturated carbocycles. The van der Waals surface area contributed by atoms with Gasteiger partial charge in [-0.05, 0) is 48.9 Å². The van der Waals surface area contributed by atoms with Crippen LogP contribution in [0.4, 0.5) is 0 Å². The molecular weight excluding hydrogens is 236 g/mol. The normalized spacial score (nSPS) is 10.5. The highest BCUT2D eigenvalue weighted by molar-refractivity contribution is 7.72. The Hall–Kier alpha value is -1.81. The van der Waals surface area contributed by atoms with Crippen molar-refractivity contribution in [3.05, 3.63) is 54.1 Å². The molecule has 0 atom stereocenters. The minimum Gasteiger partial charge on any atom is -0.457 e. The second kappa shape index (κ2) is 5.01. The third-order valence-corrected chi connectivity index (χ3v) is 2.99. The lowest BCUT2D eigenvalue weighted by atomic mass is 10.2. The molecule has 2 aromatic rings. The molecule has 3 nitrogen and oxygen atoms in total. The average molecular weight is 248 g/mol. The van der Waals surface area contributed by atoms with Gasteiger partial charge in [0.05, 0.1) is 4.90 Å². The van der Waals surface area contributed by atoms with Gasteiger partial charge in [-0.1, -0.05) is 12.1 Å². The van der Waals surface area contributed by atoms with Gasteiger partial charge in [0.1, 0.15) is 11.5 Å². The number of benzene rings is 2. The Labute approximate surface area is 102 Å². The monoisotopic (exact) mass is 248 g/mol. The van der Waals surface area contributed by atoms with Crippen LogP contribution in [0.25, 0.3) is 0 Å². The molecule has 0 saturated heterocycles. The van der Waals surface area contributed by atoms with Crippen molar-refractivity contribution >= 4 is 10.7 Å². The molecule has 17 heavy (non-hydrogen) atoms. The third-order valence-electron chi connectivity index (χ3n) is 2.27. The Morgan fingerprint density at radius 1 is 0.941 bits per heavy atom. The highest BCUT2D eigenvalue weighted by atomic mass is 32.2. The Kier molecular flexibility index (Phi) is 3.44. The van der Waals surface area contributed by atoms with E-state index in [1.807, 2.05) is 31.2 Å². The van der Waals surface area contributed by atoms with Gasteiger partial charge in [0.15, 0.2) is 10.7 Å². The summed E-state index contributed by atoms with van der Waals surface area (Å²) in [6.07, 6.45) is 0. The van der Waals surface area contributed by atoms with Crippen LogP contribution >= 0.6 is 0 Å². The summed E-state index contributed by atoms with van der Waals surface area (Å²) in [6, 6.07) is 14.0. The molecular formula is C13H12O3S. The summed E-state index contributed by atoms with van der Waals surface area (Å²) in [5, 5.41) is 0.